The summed E-state index contributed by atoms with van der Waals surface area (Å²) >= 11 is 0. The molecule has 0 spiro atoms. The summed E-state index contributed by atoms with van der Waals surface area (Å²) < 4.78 is 4.80. The fraction of sp³-hybridized carbons (Fsp3) is 0.917. The third-order valence-corrected chi connectivity index (χ3v) is 1.79. The zero-order valence-corrected chi connectivity index (χ0v) is 11.8. The van der Waals surface area contributed by atoms with Gasteiger partial charge in [-0.2, -0.15) is 0 Å². The second-order valence-electron chi connectivity index (χ2n) is 5.77. The van der Waals surface area contributed by atoms with Crippen LogP contribution in [-0.4, -0.2) is 36.1 Å². The highest BCUT2D eigenvalue weighted by atomic mass is 16.6. The van der Waals surface area contributed by atoms with Gasteiger partial charge in [0.15, 0.2) is 0 Å². The minimum absolute atomic E-state index is 0.225. The van der Waals surface area contributed by atoms with Gasteiger partial charge in [0.05, 0.1) is 0 Å². The zero-order valence-electron chi connectivity index (χ0n) is 11.8. The predicted molar refractivity (Wildman–Crippen MR) is 65.0 cm³/mol. The van der Waals surface area contributed by atoms with Crippen molar-refractivity contribution < 1.29 is 9.53 Å². The molecule has 0 heterocycles. The number of hydrogen-bond donors (Lipinski definition) is 0. The quantitative estimate of drug-likeness (QED) is 0.584. The average Bonchev–Trinajstić information content (AvgIpc) is 1.78. The van der Waals surface area contributed by atoms with Crippen molar-refractivity contribution in [2.45, 2.75) is 59.6 Å². The van der Waals surface area contributed by atoms with Crippen LogP contribution in [0.4, 0.5) is 0 Å². The first-order valence-corrected chi connectivity index (χ1v) is 5.23. The molecule has 3 nitrogen and oxygen atoms in total. The lowest BCUT2D eigenvalue weighted by Gasteiger charge is -2.27. The largest absolute Gasteiger partial charge is 0.460 e. The first-order chi connectivity index (χ1) is 6.36. The van der Waals surface area contributed by atoms with Crippen molar-refractivity contribution in [2.24, 2.45) is 0 Å². The summed E-state index contributed by atoms with van der Waals surface area (Å²) in [6.07, 6.45) is 0. The molecule has 0 aromatic carbocycles. The van der Waals surface area contributed by atoms with Crippen molar-refractivity contribution >= 4 is 5.97 Å². The van der Waals surface area contributed by atoms with E-state index < -0.39 is 0 Å². The van der Waals surface area contributed by atoms with Crippen LogP contribution in [0.5, 0.6) is 0 Å². The second kappa shape index (κ2) is 6.11. The Balaban J connectivity index is 0. The number of esters is 1. The fourth-order valence-electron chi connectivity index (χ4n) is 0.431. The lowest BCUT2D eigenvalue weighted by atomic mass is 10.1. The van der Waals surface area contributed by atoms with E-state index >= 15 is 0 Å². The van der Waals surface area contributed by atoms with Crippen molar-refractivity contribution in [2.75, 3.05) is 14.1 Å². The molecule has 0 N–H and O–H groups in total. The number of rotatable bonds is 0. The molecule has 0 saturated carbocycles. The van der Waals surface area contributed by atoms with Gasteiger partial charge in [-0.3, -0.25) is 4.79 Å². The van der Waals surface area contributed by atoms with Crippen LogP contribution in [0.1, 0.15) is 48.5 Å². The highest BCUT2D eigenvalue weighted by Gasteiger charge is 2.11. The van der Waals surface area contributed by atoms with Crippen molar-refractivity contribution in [3.05, 3.63) is 0 Å². The Morgan fingerprint density at radius 3 is 1.27 bits per heavy atom. The van der Waals surface area contributed by atoms with Gasteiger partial charge in [-0.1, -0.05) is 0 Å². The van der Waals surface area contributed by atoms with E-state index in [0.29, 0.717) is 5.54 Å². The van der Waals surface area contributed by atoms with Crippen LogP contribution >= 0.6 is 0 Å². The molecule has 0 aromatic heterocycles. The molecule has 0 unspecified atom stereocenters. The molecule has 15 heavy (non-hydrogen) atoms. The lowest BCUT2D eigenvalue weighted by molar-refractivity contribution is -0.151. The van der Waals surface area contributed by atoms with E-state index in [-0.39, 0.29) is 11.6 Å². The molecule has 0 aliphatic carbocycles. The summed E-state index contributed by atoms with van der Waals surface area (Å²) in [6.45, 7) is 13.5. The zero-order chi connectivity index (χ0) is 12.9. The maximum atomic E-state index is 10.2. The van der Waals surface area contributed by atoms with Gasteiger partial charge >= 0.3 is 5.97 Å². The molecule has 92 valence electrons. The Labute approximate surface area is 94.8 Å². The third-order valence-electron chi connectivity index (χ3n) is 1.79. The van der Waals surface area contributed by atoms with Gasteiger partial charge in [-0.05, 0) is 55.6 Å². The topological polar surface area (TPSA) is 29.5 Å². The van der Waals surface area contributed by atoms with Crippen LogP contribution in [0.3, 0.4) is 0 Å². The van der Waals surface area contributed by atoms with Crippen molar-refractivity contribution in [3.63, 3.8) is 0 Å². The second-order valence-corrected chi connectivity index (χ2v) is 5.77. The minimum Gasteiger partial charge on any atom is -0.460 e. The number of carbonyl (C=O) groups is 1. The maximum absolute atomic E-state index is 10.2. The third kappa shape index (κ3) is 16.1. The van der Waals surface area contributed by atoms with Gasteiger partial charge in [0.25, 0.3) is 0 Å². The smallest absolute Gasteiger partial charge is 0.303 e. The molecule has 0 fully saturated rings. The van der Waals surface area contributed by atoms with E-state index in [1.807, 2.05) is 20.8 Å². The van der Waals surface area contributed by atoms with Gasteiger partial charge in [-0.25, -0.2) is 0 Å². The molecule has 0 radical (unpaired) electrons. The molecule has 0 atom stereocenters. The summed E-state index contributed by atoms with van der Waals surface area (Å²) in [7, 11) is 4.17. The van der Waals surface area contributed by atoms with Crippen LogP contribution in [0.2, 0.25) is 0 Å². The Morgan fingerprint density at radius 2 is 1.27 bits per heavy atom. The SMILES string of the molecule is CC(=O)OC(C)(C)C.CN(C)C(C)(C)C. The molecular formula is C12H27NO2. The molecule has 0 bridgehead atoms. The summed E-state index contributed by atoms with van der Waals surface area (Å²) in [5.74, 6) is -0.225. The molecule has 0 aliphatic heterocycles. The first kappa shape index (κ1) is 16.8. The summed E-state index contributed by atoms with van der Waals surface area (Å²) in [4.78, 5) is 12.4. The summed E-state index contributed by atoms with van der Waals surface area (Å²) in [5, 5.41) is 0. The fourth-order valence-corrected chi connectivity index (χ4v) is 0.431. The van der Waals surface area contributed by atoms with Gasteiger partial charge in [-0.15, -0.1) is 0 Å². The molecule has 0 saturated heterocycles. The molecule has 0 amide bonds. The van der Waals surface area contributed by atoms with E-state index in [1.54, 1.807) is 0 Å². The molecule has 0 aromatic rings. The summed E-state index contributed by atoms with van der Waals surface area (Å²) in [6, 6.07) is 0. The van der Waals surface area contributed by atoms with Crippen molar-refractivity contribution in [1.82, 2.24) is 4.90 Å². The number of ether oxygens (including phenoxy) is 1. The monoisotopic (exact) mass is 217 g/mol. The maximum Gasteiger partial charge on any atom is 0.303 e. The molecular weight excluding hydrogens is 190 g/mol. The average molecular weight is 217 g/mol. The Morgan fingerprint density at radius 1 is 1.00 bits per heavy atom. The van der Waals surface area contributed by atoms with Gasteiger partial charge in [0, 0.05) is 12.5 Å². The van der Waals surface area contributed by atoms with E-state index in [1.165, 1.54) is 6.92 Å². The molecule has 0 aliphatic rings. The lowest BCUT2D eigenvalue weighted by Crippen LogP contribution is -2.34. The van der Waals surface area contributed by atoms with Crippen LogP contribution < -0.4 is 0 Å². The number of carbonyl (C=O) groups excluding carboxylic acids is 1. The van der Waals surface area contributed by atoms with Gasteiger partial charge in [0.2, 0.25) is 0 Å². The van der Waals surface area contributed by atoms with Crippen molar-refractivity contribution in [3.8, 4) is 0 Å². The van der Waals surface area contributed by atoms with Crippen LogP contribution in [0.15, 0.2) is 0 Å². The Bertz CT molecular complexity index is 185. The first-order valence-electron chi connectivity index (χ1n) is 5.23. The van der Waals surface area contributed by atoms with E-state index in [2.05, 4.69) is 39.8 Å². The highest BCUT2D eigenvalue weighted by molar-refractivity contribution is 5.66. The standard InChI is InChI=1S/C6H15N.C6H12O2/c1-6(2,3)7(4)5;1-5(7)8-6(2,3)4/h1-5H3;1-4H3. The van der Waals surface area contributed by atoms with E-state index in [9.17, 15) is 4.79 Å². The predicted octanol–water partition coefficient (Wildman–Crippen LogP) is 2.69. The Hall–Kier alpha value is -0.570. The summed E-state index contributed by atoms with van der Waals surface area (Å²) in [5.41, 5.74) is 0.00579. The van der Waals surface area contributed by atoms with Crippen LogP contribution in [-0.2, 0) is 9.53 Å². The van der Waals surface area contributed by atoms with Gasteiger partial charge < -0.3 is 9.64 Å². The van der Waals surface area contributed by atoms with E-state index in [4.69, 9.17) is 4.74 Å². The number of nitrogens with zero attached hydrogens (tertiary/aromatic N) is 1. The van der Waals surface area contributed by atoms with Crippen LogP contribution in [0, 0.1) is 0 Å². The highest BCUT2D eigenvalue weighted by Crippen LogP contribution is 2.06. The van der Waals surface area contributed by atoms with Crippen LogP contribution in [0.25, 0.3) is 0 Å². The molecule has 0 rings (SSSR count). The van der Waals surface area contributed by atoms with Crippen molar-refractivity contribution in [1.29, 1.82) is 0 Å². The minimum atomic E-state index is -0.328. The number of hydrogen-bond acceptors (Lipinski definition) is 3. The Kier molecular flexibility index (Phi) is 6.86. The molecule has 3 heteroatoms. The van der Waals surface area contributed by atoms with E-state index in [0.717, 1.165) is 0 Å². The van der Waals surface area contributed by atoms with Gasteiger partial charge in [0.1, 0.15) is 5.60 Å². The normalized spacial score (nSPS) is 11.9.